The number of carbonyl (C=O) groups excluding carboxylic acids is 1. The molecule has 1 saturated heterocycles. The van der Waals surface area contributed by atoms with Crippen molar-refractivity contribution in [1.29, 1.82) is 0 Å². The smallest absolute Gasteiger partial charge is 0.246 e. The Morgan fingerprint density at radius 1 is 1.18 bits per heavy atom. The van der Waals surface area contributed by atoms with Gasteiger partial charge in [0.1, 0.15) is 10.6 Å². The van der Waals surface area contributed by atoms with Gasteiger partial charge in [0.25, 0.3) is 0 Å². The molecule has 0 unspecified atom stereocenters. The molecule has 10 nitrogen and oxygen atoms in total. The van der Waals surface area contributed by atoms with Crippen LogP contribution in [0.2, 0.25) is 0 Å². The van der Waals surface area contributed by atoms with Crippen LogP contribution in [0.4, 0.5) is 5.69 Å². The number of rotatable bonds is 9. The number of hydrogen-bond acceptors (Lipinski definition) is 8. The molecular weight excluding hydrogens is 464 g/mol. The molecule has 2 aliphatic rings. The molecule has 180 valence electrons. The zero-order valence-electron chi connectivity index (χ0n) is 18.8. The molecular formula is C21H30N6O4S2. The Hall–Kier alpha value is -2.18. The molecule has 33 heavy (non-hydrogen) atoms. The second kappa shape index (κ2) is 10.8. The minimum Gasteiger partial charge on any atom is -0.492 e. The first-order chi connectivity index (χ1) is 16.0. The van der Waals surface area contributed by atoms with Crippen LogP contribution in [0.5, 0.6) is 5.75 Å². The number of thioether (sulfide) groups is 1. The quantitative estimate of drug-likeness (QED) is 0.528. The van der Waals surface area contributed by atoms with E-state index in [0.717, 1.165) is 38.5 Å². The van der Waals surface area contributed by atoms with E-state index < -0.39 is 10.0 Å². The third-order valence-corrected chi connectivity index (χ3v) is 8.78. The van der Waals surface area contributed by atoms with Gasteiger partial charge in [0.15, 0.2) is 0 Å². The lowest BCUT2D eigenvalue weighted by Gasteiger charge is -2.21. The highest BCUT2D eigenvalue weighted by molar-refractivity contribution is 7.99. The lowest BCUT2D eigenvalue weighted by molar-refractivity contribution is -0.113. The number of tetrazole rings is 1. The van der Waals surface area contributed by atoms with Gasteiger partial charge < -0.3 is 10.1 Å². The molecule has 0 atom stereocenters. The van der Waals surface area contributed by atoms with E-state index >= 15 is 0 Å². The summed E-state index contributed by atoms with van der Waals surface area (Å²) in [6.07, 6.45) is 7.34. The number of anilines is 1. The van der Waals surface area contributed by atoms with E-state index in [0.29, 0.717) is 36.3 Å². The van der Waals surface area contributed by atoms with E-state index in [9.17, 15) is 13.2 Å². The monoisotopic (exact) mass is 494 g/mol. The van der Waals surface area contributed by atoms with Crippen molar-refractivity contribution in [2.75, 3.05) is 30.8 Å². The normalized spacial score (nSPS) is 17.8. The van der Waals surface area contributed by atoms with Crippen LogP contribution in [0, 0.1) is 0 Å². The van der Waals surface area contributed by atoms with Gasteiger partial charge in [0.05, 0.1) is 18.4 Å². The maximum Gasteiger partial charge on any atom is 0.246 e. The first-order valence-electron chi connectivity index (χ1n) is 11.5. The van der Waals surface area contributed by atoms with Crippen molar-refractivity contribution in [1.82, 2.24) is 24.5 Å². The van der Waals surface area contributed by atoms with E-state index in [1.54, 1.807) is 19.1 Å². The molecule has 2 heterocycles. The number of sulfonamides is 1. The molecule has 0 spiro atoms. The van der Waals surface area contributed by atoms with E-state index in [1.807, 2.05) is 4.68 Å². The van der Waals surface area contributed by atoms with Gasteiger partial charge in [-0.05, 0) is 61.2 Å². The molecule has 0 bridgehead atoms. The molecule has 1 saturated carbocycles. The molecule has 2 fully saturated rings. The minimum atomic E-state index is -3.69. The molecule has 1 aromatic heterocycles. The summed E-state index contributed by atoms with van der Waals surface area (Å²) in [6, 6.07) is 5.01. The summed E-state index contributed by atoms with van der Waals surface area (Å²) in [4.78, 5) is 12.7. The third-order valence-electron chi connectivity index (χ3n) is 5.93. The van der Waals surface area contributed by atoms with Crippen LogP contribution in [0.3, 0.4) is 0 Å². The standard InChI is InChI=1S/C21H30N6O4S2/c1-2-31-18-11-10-16(14-19(18)33(29,30)26-12-6-7-13-26)22-20(28)15-32-21-23-24-25-27(21)17-8-4-3-5-9-17/h10-11,14,17H,2-9,12-13,15H2,1H3,(H,22,28). The molecule has 1 amide bonds. The van der Waals surface area contributed by atoms with Crippen molar-refractivity contribution in [2.45, 2.75) is 68.0 Å². The third kappa shape index (κ3) is 5.67. The van der Waals surface area contributed by atoms with Crippen molar-refractivity contribution in [3.8, 4) is 5.75 Å². The second-order valence-corrected chi connectivity index (χ2v) is 11.1. The van der Waals surface area contributed by atoms with Crippen molar-refractivity contribution in [2.24, 2.45) is 0 Å². The van der Waals surface area contributed by atoms with Gasteiger partial charge in [-0.1, -0.05) is 31.0 Å². The van der Waals surface area contributed by atoms with Crippen LogP contribution in [0.1, 0.15) is 57.9 Å². The zero-order valence-corrected chi connectivity index (χ0v) is 20.4. The van der Waals surface area contributed by atoms with Gasteiger partial charge >= 0.3 is 0 Å². The molecule has 1 aliphatic heterocycles. The van der Waals surface area contributed by atoms with Gasteiger partial charge in [-0.2, -0.15) is 4.31 Å². The summed E-state index contributed by atoms with van der Waals surface area (Å²) in [6.45, 7) is 3.15. The second-order valence-electron chi connectivity index (χ2n) is 8.24. The van der Waals surface area contributed by atoms with Crippen LogP contribution in [0.15, 0.2) is 28.3 Å². The highest BCUT2D eigenvalue weighted by Crippen LogP contribution is 2.32. The maximum absolute atomic E-state index is 13.1. The van der Waals surface area contributed by atoms with Gasteiger partial charge in [-0.15, -0.1) is 5.10 Å². The molecule has 0 radical (unpaired) electrons. The molecule has 2 aromatic rings. The summed E-state index contributed by atoms with van der Waals surface area (Å²) >= 11 is 1.28. The average molecular weight is 495 g/mol. The Morgan fingerprint density at radius 2 is 1.94 bits per heavy atom. The van der Waals surface area contributed by atoms with E-state index in [4.69, 9.17) is 4.74 Å². The molecule has 12 heteroatoms. The number of hydrogen-bond donors (Lipinski definition) is 1. The number of carbonyl (C=O) groups is 1. The van der Waals surface area contributed by atoms with Crippen molar-refractivity contribution in [3.05, 3.63) is 18.2 Å². The van der Waals surface area contributed by atoms with Crippen LogP contribution < -0.4 is 10.1 Å². The highest BCUT2D eigenvalue weighted by atomic mass is 32.2. The van der Waals surface area contributed by atoms with Gasteiger partial charge in [-0.3, -0.25) is 4.79 Å². The molecule has 1 aromatic carbocycles. The van der Waals surface area contributed by atoms with Crippen LogP contribution >= 0.6 is 11.8 Å². The van der Waals surface area contributed by atoms with Crippen molar-refractivity contribution < 1.29 is 17.9 Å². The SMILES string of the molecule is CCOc1ccc(NC(=O)CSc2nnnn2C2CCCCC2)cc1S(=O)(=O)N1CCCC1. The Balaban J connectivity index is 1.44. The van der Waals surface area contributed by atoms with Gasteiger partial charge in [0.2, 0.25) is 21.1 Å². The predicted molar refractivity (Wildman–Crippen MR) is 125 cm³/mol. The van der Waals surface area contributed by atoms with Crippen molar-refractivity contribution in [3.63, 3.8) is 0 Å². The summed E-state index contributed by atoms with van der Waals surface area (Å²) < 4.78 is 35.1. The van der Waals surface area contributed by atoms with E-state index in [1.165, 1.54) is 28.6 Å². The minimum absolute atomic E-state index is 0.0814. The first-order valence-corrected chi connectivity index (χ1v) is 13.9. The lowest BCUT2D eigenvalue weighted by atomic mass is 9.96. The van der Waals surface area contributed by atoms with E-state index in [-0.39, 0.29) is 22.6 Å². The largest absolute Gasteiger partial charge is 0.492 e. The average Bonchev–Trinajstić information content (AvgIpc) is 3.52. The molecule has 4 rings (SSSR count). The summed E-state index contributed by atoms with van der Waals surface area (Å²) in [5.41, 5.74) is 0.411. The number of aromatic nitrogens is 4. The first kappa shape index (κ1) is 24.0. The zero-order chi connectivity index (χ0) is 23.3. The number of nitrogens with one attached hydrogen (secondary N) is 1. The van der Waals surface area contributed by atoms with Crippen LogP contribution in [0.25, 0.3) is 0 Å². The number of nitrogens with zero attached hydrogens (tertiary/aromatic N) is 5. The Bertz CT molecular complexity index is 1060. The fourth-order valence-corrected chi connectivity index (χ4v) is 6.71. The lowest BCUT2D eigenvalue weighted by Crippen LogP contribution is -2.28. The van der Waals surface area contributed by atoms with Gasteiger partial charge in [0, 0.05) is 18.8 Å². The topological polar surface area (TPSA) is 119 Å². The van der Waals surface area contributed by atoms with E-state index in [2.05, 4.69) is 20.8 Å². The summed E-state index contributed by atoms with van der Waals surface area (Å²) in [5, 5.41) is 15.4. The van der Waals surface area contributed by atoms with Crippen LogP contribution in [-0.4, -0.2) is 64.3 Å². The number of benzene rings is 1. The highest BCUT2D eigenvalue weighted by Gasteiger charge is 2.30. The van der Waals surface area contributed by atoms with Gasteiger partial charge in [-0.25, -0.2) is 13.1 Å². The Labute approximate surface area is 198 Å². The predicted octanol–water partition coefficient (Wildman–Crippen LogP) is 3.09. The Morgan fingerprint density at radius 3 is 2.67 bits per heavy atom. The summed E-state index contributed by atoms with van der Waals surface area (Å²) in [7, 11) is -3.69. The van der Waals surface area contributed by atoms with Crippen molar-refractivity contribution >= 4 is 33.4 Å². The van der Waals surface area contributed by atoms with Crippen LogP contribution in [-0.2, 0) is 14.8 Å². The molecule has 1 aliphatic carbocycles. The number of amides is 1. The Kier molecular flexibility index (Phi) is 7.86. The fourth-order valence-electron chi connectivity index (χ4n) is 4.29. The maximum atomic E-state index is 13.1. The molecule has 1 N–H and O–H groups in total. The summed E-state index contributed by atoms with van der Waals surface area (Å²) in [5.74, 6) is 0.157. The number of ether oxygens (including phenoxy) is 1. The fraction of sp³-hybridized carbons (Fsp3) is 0.619.